The topological polar surface area (TPSA) is 70.3 Å². The van der Waals surface area contributed by atoms with Crippen molar-refractivity contribution in [1.29, 1.82) is 0 Å². The maximum atomic E-state index is 14.1. The van der Waals surface area contributed by atoms with E-state index in [1.807, 2.05) is 0 Å². The maximum Gasteiger partial charge on any atom is 0.332 e. The molecule has 9 heteroatoms. The van der Waals surface area contributed by atoms with Crippen LogP contribution in [0.4, 0.5) is 4.39 Å². The fourth-order valence-electron chi connectivity index (χ4n) is 2.59. The zero-order chi connectivity index (χ0) is 18.8. The lowest BCUT2D eigenvalue weighted by atomic mass is 10.2. The van der Waals surface area contributed by atoms with E-state index in [4.69, 9.17) is 4.74 Å². The van der Waals surface area contributed by atoms with Crippen LogP contribution in [0, 0.1) is 5.82 Å². The number of hydrogen-bond acceptors (Lipinski definition) is 5. The van der Waals surface area contributed by atoms with Crippen molar-refractivity contribution in [3.8, 4) is 0 Å². The molecular weight excluding hydrogens is 427 g/mol. The van der Waals surface area contributed by atoms with E-state index >= 15 is 0 Å². The molecule has 0 fully saturated rings. The fourth-order valence-corrected chi connectivity index (χ4v) is 3.73. The Kier molecular flexibility index (Phi) is 5.38. The minimum Gasteiger partial charge on any atom is -0.465 e. The monoisotopic (exact) mass is 440 g/mol. The van der Waals surface area contributed by atoms with E-state index < -0.39 is 23.0 Å². The van der Waals surface area contributed by atoms with Crippen LogP contribution in [0.2, 0.25) is 0 Å². The van der Waals surface area contributed by atoms with Crippen LogP contribution < -0.4 is 11.2 Å². The van der Waals surface area contributed by atoms with Crippen LogP contribution in [-0.2, 0) is 22.6 Å². The number of aromatic nitrogens is 2. The molecule has 0 spiro atoms. The smallest absolute Gasteiger partial charge is 0.332 e. The number of fused-ring (bicyclic) bond motifs is 1. The molecule has 0 saturated carbocycles. The quantitative estimate of drug-likeness (QED) is 0.571. The third-order valence-electron chi connectivity index (χ3n) is 3.81. The number of benzene rings is 1. The van der Waals surface area contributed by atoms with Gasteiger partial charge in [0.1, 0.15) is 12.4 Å². The molecule has 0 saturated heterocycles. The third kappa shape index (κ3) is 3.49. The average Bonchev–Trinajstić information content (AvgIpc) is 3.07. The van der Waals surface area contributed by atoms with Crippen LogP contribution in [0.3, 0.4) is 0 Å². The zero-order valence-electron chi connectivity index (χ0n) is 13.7. The number of hydrogen-bond donors (Lipinski definition) is 0. The van der Waals surface area contributed by atoms with E-state index in [0.717, 1.165) is 4.57 Å². The lowest BCUT2D eigenvalue weighted by Crippen LogP contribution is -2.41. The van der Waals surface area contributed by atoms with E-state index in [9.17, 15) is 18.8 Å². The Bertz CT molecular complexity index is 1100. The number of halogens is 2. The summed E-state index contributed by atoms with van der Waals surface area (Å²) < 4.78 is 21.7. The second-order valence-electron chi connectivity index (χ2n) is 5.47. The summed E-state index contributed by atoms with van der Waals surface area (Å²) in [4.78, 5) is 37.3. The minimum atomic E-state index is -0.684. The van der Waals surface area contributed by atoms with Gasteiger partial charge in [0.05, 0.1) is 24.1 Å². The van der Waals surface area contributed by atoms with E-state index in [1.165, 1.54) is 28.0 Å². The summed E-state index contributed by atoms with van der Waals surface area (Å²) in [6.07, 6.45) is 0. The van der Waals surface area contributed by atoms with Crippen LogP contribution in [0.25, 0.3) is 10.9 Å². The second kappa shape index (κ2) is 7.55. The number of rotatable bonds is 5. The Hall–Kier alpha value is -2.26. The van der Waals surface area contributed by atoms with Gasteiger partial charge in [-0.2, -0.15) is 0 Å². The Labute approximate surface area is 159 Å². The van der Waals surface area contributed by atoms with Gasteiger partial charge in [0.15, 0.2) is 0 Å². The summed E-state index contributed by atoms with van der Waals surface area (Å²) in [6, 6.07) is 4.39. The highest BCUT2D eigenvalue weighted by Gasteiger charge is 2.17. The molecule has 26 heavy (non-hydrogen) atoms. The van der Waals surface area contributed by atoms with E-state index in [2.05, 4.69) is 15.9 Å². The predicted octanol–water partition coefficient (Wildman–Crippen LogP) is 2.74. The SMILES string of the molecule is CCOC(=O)Cn1c(=O)n(Cc2ccc(Br)cc2F)c(=O)c2cscc21. The van der Waals surface area contributed by atoms with Gasteiger partial charge >= 0.3 is 11.7 Å². The highest BCUT2D eigenvalue weighted by Crippen LogP contribution is 2.17. The second-order valence-corrected chi connectivity index (χ2v) is 7.13. The summed E-state index contributed by atoms with van der Waals surface area (Å²) >= 11 is 4.41. The molecule has 0 unspecified atom stereocenters. The summed E-state index contributed by atoms with van der Waals surface area (Å²) in [7, 11) is 0. The Morgan fingerprint density at radius 3 is 2.73 bits per heavy atom. The van der Waals surface area contributed by atoms with Gasteiger partial charge in [-0.1, -0.05) is 22.0 Å². The highest BCUT2D eigenvalue weighted by atomic mass is 79.9. The number of carbonyl (C=O) groups is 1. The molecule has 3 rings (SSSR count). The van der Waals surface area contributed by atoms with Crippen molar-refractivity contribution in [2.24, 2.45) is 0 Å². The number of esters is 1. The molecule has 0 N–H and O–H groups in total. The van der Waals surface area contributed by atoms with Crippen molar-refractivity contribution in [2.75, 3.05) is 6.61 Å². The van der Waals surface area contributed by atoms with Gasteiger partial charge < -0.3 is 4.74 Å². The van der Waals surface area contributed by atoms with Gasteiger partial charge in [0.25, 0.3) is 5.56 Å². The summed E-state index contributed by atoms with van der Waals surface area (Å²) in [6.45, 7) is 1.30. The molecule has 136 valence electrons. The number of carbonyl (C=O) groups excluding carboxylic acids is 1. The van der Waals surface area contributed by atoms with Crippen molar-refractivity contribution in [2.45, 2.75) is 20.0 Å². The average molecular weight is 441 g/mol. The molecule has 1 aromatic carbocycles. The molecule has 0 aliphatic rings. The van der Waals surface area contributed by atoms with Crippen LogP contribution >= 0.6 is 27.3 Å². The van der Waals surface area contributed by atoms with Crippen molar-refractivity contribution < 1.29 is 13.9 Å². The van der Waals surface area contributed by atoms with E-state index in [-0.39, 0.29) is 25.3 Å². The Morgan fingerprint density at radius 2 is 2.04 bits per heavy atom. The standard InChI is InChI=1S/C17H14BrFN2O4S/c1-2-25-15(22)7-20-14-9-26-8-12(14)16(23)21(17(20)24)6-10-3-4-11(18)5-13(10)19/h3-5,8-9H,2,6-7H2,1H3. The predicted molar refractivity (Wildman–Crippen MR) is 100 cm³/mol. The lowest BCUT2D eigenvalue weighted by molar-refractivity contribution is -0.143. The largest absolute Gasteiger partial charge is 0.465 e. The molecule has 0 amide bonds. The lowest BCUT2D eigenvalue weighted by Gasteiger charge is -2.12. The van der Waals surface area contributed by atoms with Crippen LogP contribution in [-0.4, -0.2) is 21.7 Å². The first-order chi connectivity index (χ1) is 12.4. The van der Waals surface area contributed by atoms with Gasteiger partial charge in [-0.25, -0.2) is 9.18 Å². The van der Waals surface area contributed by atoms with Crippen molar-refractivity contribution >= 4 is 44.1 Å². The summed E-state index contributed by atoms with van der Waals surface area (Å²) in [5.74, 6) is -1.12. The van der Waals surface area contributed by atoms with Crippen LogP contribution in [0.5, 0.6) is 0 Å². The fraction of sp³-hybridized carbons (Fsp3) is 0.235. The Morgan fingerprint density at radius 1 is 1.27 bits per heavy atom. The van der Waals surface area contributed by atoms with Gasteiger partial charge in [-0.3, -0.25) is 18.7 Å². The maximum absolute atomic E-state index is 14.1. The van der Waals surface area contributed by atoms with Crippen molar-refractivity contribution in [1.82, 2.24) is 9.13 Å². The van der Waals surface area contributed by atoms with Crippen LogP contribution in [0.15, 0.2) is 43.0 Å². The molecule has 0 atom stereocenters. The van der Waals surface area contributed by atoms with E-state index in [0.29, 0.717) is 15.4 Å². The normalized spacial score (nSPS) is 11.0. The molecule has 2 aromatic heterocycles. The summed E-state index contributed by atoms with van der Waals surface area (Å²) in [5.41, 5.74) is -0.639. The van der Waals surface area contributed by atoms with Crippen LogP contribution in [0.1, 0.15) is 12.5 Å². The highest BCUT2D eigenvalue weighted by molar-refractivity contribution is 9.10. The summed E-state index contributed by atoms with van der Waals surface area (Å²) in [5, 5.41) is 3.53. The first kappa shape index (κ1) is 18.5. The molecular formula is C17H14BrFN2O4S. The Balaban J connectivity index is 2.14. The molecule has 0 aliphatic carbocycles. The first-order valence-corrected chi connectivity index (χ1v) is 9.45. The molecule has 0 aliphatic heterocycles. The molecule has 2 heterocycles. The van der Waals surface area contributed by atoms with Gasteiger partial charge in [0.2, 0.25) is 0 Å². The molecule has 3 aromatic rings. The van der Waals surface area contributed by atoms with Gasteiger partial charge in [-0.05, 0) is 19.1 Å². The van der Waals surface area contributed by atoms with Gasteiger partial charge in [-0.15, -0.1) is 11.3 Å². The number of ether oxygens (including phenoxy) is 1. The zero-order valence-corrected chi connectivity index (χ0v) is 16.1. The molecule has 0 radical (unpaired) electrons. The number of nitrogens with zero attached hydrogens (tertiary/aromatic N) is 2. The van der Waals surface area contributed by atoms with Crippen molar-refractivity contribution in [3.63, 3.8) is 0 Å². The minimum absolute atomic E-state index is 0.185. The number of thiophene rings is 1. The first-order valence-electron chi connectivity index (χ1n) is 7.71. The van der Waals surface area contributed by atoms with Crippen molar-refractivity contribution in [3.05, 3.63) is 65.7 Å². The van der Waals surface area contributed by atoms with Gasteiger partial charge in [0, 0.05) is 20.8 Å². The molecule has 6 nitrogen and oxygen atoms in total. The van der Waals surface area contributed by atoms with E-state index in [1.54, 1.807) is 23.8 Å². The third-order valence-corrected chi connectivity index (χ3v) is 5.03. The molecule has 0 bridgehead atoms.